The second kappa shape index (κ2) is 7.58. The zero-order valence-electron chi connectivity index (χ0n) is 16.1. The number of rotatable bonds is 3. The molecule has 0 bridgehead atoms. The molecule has 0 aliphatic carbocycles. The molecule has 146 valence electrons. The molecule has 1 aromatic heterocycles. The molecular weight excluding hydrogens is 378 g/mol. The number of piperidine rings is 1. The summed E-state index contributed by atoms with van der Waals surface area (Å²) in [5.41, 5.74) is 8.44. The molecule has 5 heteroatoms. The van der Waals surface area contributed by atoms with Crippen molar-refractivity contribution in [3.8, 4) is 0 Å². The van der Waals surface area contributed by atoms with E-state index in [0.717, 1.165) is 57.4 Å². The molecule has 2 unspecified atom stereocenters. The third-order valence-corrected chi connectivity index (χ3v) is 6.98. The molecule has 4 nitrogen and oxygen atoms in total. The zero-order valence-corrected chi connectivity index (χ0v) is 16.9. The maximum atomic E-state index is 13.6. The van der Waals surface area contributed by atoms with Crippen molar-refractivity contribution in [2.45, 2.75) is 31.3 Å². The van der Waals surface area contributed by atoms with Crippen LogP contribution in [0.3, 0.4) is 0 Å². The lowest BCUT2D eigenvalue weighted by Crippen LogP contribution is -2.49. The summed E-state index contributed by atoms with van der Waals surface area (Å²) in [7, 11) is 0. The summed E-state index contributed by atoms with van der Waals surface area (Å²) in [6, 6.07) is 21.8. The summed E-state index contributed by atoms with van der Waals surface area (Å²) >= 11 is 1.64. The fourth-order valence-corrected chi connectivity index (χ4v) is 5.37. The Morgan fingerprint density at radius 2 is 1.83 bits per heavy atom. The Morgan fingerprint density at radius 3 is 2.72 bits per heavy atom. The first kappa shape index (κ1) is 18.3. The summed E-state index contributed by atoms with van der Waals surface area (Å²) in [6.07, 6.45) is 3.01. The van der Waals surface area contributed by atoms with Gasteiger partial charge in [-0.15, -0.1) is 11.3 Å². The predicted molar refractivity (Wildman–Crippen MR) is 119 cm³/mol. The van der Waals surface area contributed by atoms with Crippen LogP contribution in [0.1, 0.15) is 40.7 Å². The Bertz CT molecular complexity index is 1150. The first-order chi connectivity index (χ1) is 14.2. The van der Waals surface area contributed by atoms with Crippen LogP contribution in [0, 0.1) is 0 Å². The van der Waals surface area contributed by atoms with Gasteiger partial charge in [-0.25, -0.2) is 4.98 Å². The van der Waals surface area contributed by atoms with Gasteiger partial charge in [0.05, 0.1) is 22.3 Å². The van der Waals surface area contributed by atoms with Gasteiger partial charge >= 0.3 is 0 Å². The Labute approximate surface area is 174 Å². The van der Waals surface area contributed by atoms with Crippen molar-refractivity contribution in [3.05, 3.63) is 77.3 Å². The average molecular weight is 402 g/mol. The van der Waals surface area contributed by atoms with E-state index in [1.165, 1.54) is 0 Å². The highest BCUT2D eigenvalue weighted by Crippen LogP contribution is 2.33. The van der Waals surface area contributed by atoms with Crippen molar-refractivity contribution in [2.24, 2.45) is 5.73 Å². The molecule has 0 saturated carbocycles. The number of carbonyl (C=O) groups excluding carboxylic acids is 1. The fraction of sp³-hybridized carbons (Fsp3) is 0.250. The van der Waals surface area contributed by atoms with Crippen molar-refractivity contribution in [1.82, 2.24) is 9.88 Å². The van der Waals surface area contributed by atoms with E-state index in [0.29, 0.717) is 0 Å². The zero-order chi connectivity index (χ0) is 19.8. The number of amides is 1. The molecule has 1 fully saturated rings. The van der Waals surface area contributed by atoms with Gasteiger partial charge in [0, 0.05) is 12.1 Å². The molecule has 0 radical (unpaired) electrons. The number of aromatic nitrogens is 1. The Hall–Kier alpha value is -2.76. The topological polar surface area (TPSA) is 59.2 Å². The van der Waals surface area contributed by atoms with Crippen LogP contribution in [0.15, 0.2) is 66.7 Å². The Balaban J connectivity index is 1.50. The summed E-state index contributed by atoms with van der Waals surface area (Å²) in [4.78, 5) is 20.3. The molecule has 2 atom stereocenters. The lowest BCUT2D eigenvalue weighted by molar-refractivity contribution is 0.0576. The molecule has 1 aliphatic heterocycles. The van der Waals surface area contributed by atoms with Crippen LogP contribution in [-0.2, 0) is 0 Å². The van der Waals surface area contributed by atoms with Gasteiger partial charge in [0.1, 0.15) is 5.01 Å². The van der Waals surface area contributed by atoms with Crippen LogP contribution < -0.4 is 5.73 Å². The van der Waals surface area contributed by atoms with Crippen LogP contribution in [0.4, 0.5) is 0 Å². The van der Waals surface area contributed by atoms with Gasteiger partial charge < -0.3 is 10.6 Å². The summed E-state index contributed by atoms with van der Waals surface area (Å²) in [6.45, 7) is 0.741. The maximum absolute atomic E-state index is 13.6. The monoisotopic (exact) mass is 401 g/mol. The number of nitrogens with zero attached hydrogens (tertiary/aromatic N) is 2. The number of benzene rings is 3. The van der Waals surface area contributed by atoms with Gasteiger partial charge in [0.25, 0.3) is 5.91 Å². The van der Waals surface area contributed by atoms with E-state index in [4.69, 9.17) is 10.7 Å². The Morgan fingerprint density at radius 1 is 1.03 bits per heavy atom. The molecule has 1 aliphatic rings. The smallest absolute Gasteiger partial charge is 0.254 e. The highest BCUT2D eigenvalue weighted by Gasteiger charge is 2.34. The van der Waals surface area contributed by atoms with E-state index in [1.807, 2.05) is 65.6 Å². The van der Waals surface area contributed by atoms with E-state index < -0.39 is 0 Å². The third-order valence-electron chi connectivity index (χ3n) is 5.84. The normalized spacial score (nSPS) is 18.2. The van der Waals surface area contributed by atoms with Crippen LogP contribution in [0.5, 0.6) is 0 Å². The molecule has 5 rings (SSSR count). The standard InChI is InChI=1S/C24H23N3OS/c25-22(23-26-19-12-3-4-14-21(19)29-23)20-13-5-6-15-27(20)24(28)18-11-7-9-16-8-1-2-10-17(16)18/h1-4,7-12,14,20,22H,5-6,13,15,25H2. The number of hydrogen-bond donors (Lipinski definition) is 1. The number of fused-ring (bicyclic) bond motifs is 2. The van der Waals surface area contributed by atoms with E-state index in [9.17, 15) is 4.79 Å². The minimum atomic E-state index is -0.272. The minimum Gasteiger partial charge on any atom is -0.334 e. The summed E-state index contributed by atoms with van der Waals surface area (Å²) in [5, 5.41) is 2.99. The van der Waals surface area contributed by atoms with Crippen molar-refractivity contribution in [2.75, 3.05) is 6.54 Å². The van der Waals surface area contributed by atoms with Gasteiger partial charge in [-0.2, -0.15) is 0 Å². The molecule has 2 heterocycles. The van der Waals surface area contributed by atoms with Crippen LogP contribution >= 0.6 is 11.3 Å². The lowest BCUT2D eigenvalue weighted by Gasteiger charge is -2.38. The second-order valence-electron chi connectivity index (χ2n) is 7.63. The first-order valence-corrected chi connectivity index (χ1v) is 10.9. The van der Waals surface area contributed by atoms with Crippen LogP contribution in [-0.4, -0.2) is 28.4 Å². The van der Waals surface area contributed by atoms with Crippen molar-refractivity contribution in [3.63, 3.8) is 0 Å². The largest absolute Gasteiger partial charge is 0.334 e. The van der Waals surface area contributed by atoms with Gasteiger partial charge in [0.2, 0.25) is 0 Å². The average Bonchev–Trinajstić information content (AvgIpc) is 3.22. The quantitative estimate of drug-likeness (QED) is 0.517. The molecule has 4 aromatic rings. The Kier molecular flexibility index (Phi) is 4.78. The number of carbonyl (C=O) groups is 1. The number of likely N-dealkylation sites (tertiary alicyclic amines) is 1. The molecule has 0 spiro atoms. The van der Waals surface area contributed by atoms with Gasteiger partial charge in [-0.1, -0.05) is 48.5 Å². The molecule has 29 heavy (non-hydrogen) atoms. The van der Waals surface area contributed by atoms with Gasteiger partial charge in [0.15, 0.2) is 0 Å². The lowest BCUT2D eigenvalue weighted by atomic mass is 9.94. The molecular formula is C24H23N3OS. The molecule has 2 N–H and O–H groups in total. The number of para-hydroxylation sites is 1. The van der Waals surface area contributed by atoms with E-state index in [2.05, 4.69) is 6.07 Å². The maximum Gasteiger partial charge on any atom is 0.254 e. The summed E-state index contributed by atoms with van der Waals surface area (Å²) < 4.78 is 1.14. The van der Waals surface area contributed by atoms with E-state index >= 15 is 0 Å². The number of thiazole rings is 1. The third kappa shape index (κ3) is 3.30. The highest BCUT2D eigenvalue weighted by molar-refractivity contribution is 7.18. The van der Waals surface area contributed by atoms with Gasteiger partial charge in [-0.3, -0.25) is 4.79 Å². The number of nitrogens with two attached hydrogens (primary N) is 1. The van der Waals surface area contributed by atoms with E-state index in [-0.39, 0.29) is 18.0 Å². The van der Waals surface area contributed by atoms with Crippen molar-refractivity contribution in [1.29, 1.82) is 0 Å². The SMILES string of the molecule is NC(c1nc2ccccc2s1)C1CCCCN1C(=O)c1cccc2ccccc12. The van der Waals surface area contributed by atoms with Crippen molar-refractivity contribution < 1.29 is 4.79 Å². The van der Waals surface area contributed by atoms with Crippen LogP contribution in [0.2, 0.25) is 0 Å². The second-order valence-corrected chi connectivity index (χ2v) is 8.70. The fourth-order valence-electron chi connectivity index (χ4n) is 4.35. The molecule has 1 amide bonds. The first-order valence-electron chi connectivity index (χ1n) is 10.1. The number of hydrogen-bond acceptors (Lipinski definition) is 4. The minimum absolute atomic E-state index is 0.0317. The van der Waals surface area contributed by atoms with Crippen LogP contribution in [0.25, 0.3) is 21.0 Å². The highest BCUT2D eigenvalue weighted by atomic mass is 32.1. The predicted octanol–water partition coefficient (Wildman–Crippen LogP) is 5.14. The van der Waals surface area contributed by atoms with E-state index in [1.54, 1.807) is 11.3 Å². The van der Waals surface area contributed by atoms with Crippen molar-refractivity contribution >= 4 is 38.2 Å². The summed E-state index contributed by atoms with van der Waals surface area (Å²) in [5.74, 6) is 0.0723. The molecule has 3 aromatic carbocycles. The van der Waals surface area contributed by atoms with Gasteiger partial charge in [-0.05, 0) is 48.2 Å². The molecule has 1 saturated heterocycles.